The van der Waals surface area contributed by atoms with Gasteiger partial charge in [0.1, 0.15) is 5.76 Å². The number of allylic oxidation sites excluding steroid dienone is 5. The van der Waals surface area contributed by atoms with Gasteiger partial charge in [0.15, 0.2) is 12.3 Å². The van der Waals surface area contributed by atoms with Gasteiger partial charge in [-0.2, -0.15) is 4.58 Å². The maximum atomic E-state index is 14.1. The fourth-order valence-corrected chi connectivity index (χ4v) is 8.53. The number of aliphatic hydroxyl groups is 1. The van der Waals surface area contributed by atoms with Crippen LogP contribution in [0, 0.1) is 12.8 Å². The highest BCUT2D eigenvalue weighted by atomic mass is 35.5. The second-order valence-electron chi connectivity index (χ2n) is 16.1. The molecular weight excluding hydrogens is 636 g/mol. The summed E-state index contributed by atoms with van der Waals surface area (Å²) in [7, 11) is 0. The molecule has 1 unspecified atom stereocenters. The molecule has 270 valence electrons. The van der Waals surface area contributed by atoms with Gasteiger partial charge in [-0.05, 0) is 69.9 Å². The number of hydrogen-bond acceptors (Lipinski definition) is 3. The number of ketones is 1. The van der Waals surface area contributed by atoms with E-state index in [0.29, 0.717) is 22.1 Å². The number of aliphatic hydroxyl groups excluding tert-OH is 1. The maximum Gasteiger partial charge on any atom is 0.209 e. The summed E-state index contributed by atoms with van der Waals surface area (Å²) in [6.07, 6.45) is 18.8. The summed E-state index contributed by atoms with van der Waals surface area (Å²) in [6.45, 7) is 19.6. The summed E-state index contributed by atoms with van der Waals surface area (Å²) in [4.78, 5) is 16.5. The number of carbonyl (C=O) groups excluding carboxylic acids is 1. The Morgan fingerprint density at radius 1 is 0.840 bits per heavy atom. The lowest BCUT2D eigenvalue weighted by Gasteiger charge is -2.29. The van der Waals surface area contributed by atoms with E-state index < -0.39 is 0 Å². The van der Waals surface area contributed by atoms with Crippen molar-refractivity contribution in [1.29, 1.82) is 0 Å². The quantitative estimate of drug-likeness (QED) is 0.102. The van der Waals surface area contributed by atoms with Crippen LogP contribution in [0.25, 0.3) is 0 Å². The van der Waals surface area contributed by atoms with Crippen molar-refractivity contribution in [2.75, 3.05) is 18.0 Å². The van der Waals surface area contributed by atoms with Crippen LogP contribution in [-0.2, 0) is 15.6 Å². The number of anilines is 1. The van der Waals surface area contributed by atoms with Crippen LogP contribution >= 0.6 is 11.6 Å². The van der Waals surface area contributed by atoms with Gasteiger partial charge in [0.2, 0.25) is 11.5 Å². The third-order valence-corrected chi connectivity index (χ3v) is 11.9. The van der Waals surface area contributed by atoms with Crippen LogP contribution < -0.4 is 4.90 Å². The fraction of sp³-hybridized carbons (Fsp3) is 0.556. The summed E-state index contributed by atoms with van der Waals surface area (Å²) < 4.78 is 2.39. The van der Waals surface area contributed by atoms with Crippen molar-refractivity contribution in [3.05, 3.63) is 92.9 Å². The molecule has 1 N–H and O–H groups in total. The van der Waals surface area contributed by atoms with Gasteiger partial charge in [-0.15, -0.1) is 0 Å². The molecule has 0 bridgehead atoms. The zero-order valence-corrected chi connectivity index (χ0v) is 33.0. The topological polar surface area (TPSA) is 43.5 Å². The molecule has 0 saturated carbocycles. The number of carbonyl (C=O) groups is 1. The summed E-state index contributed by atoms with van der Waals surface area (Å²) in [5, 5.41) is 12.4. The zero-order valence-electron chi connectivity index (χ0n) is 32.2. The average molecular weight is 698 g/mol. The molecular formula is C45H62ClN2O2+. The largest absolute Gasteiger partial charge is 0.506 e. The van der Waals surface area contributed by atoms with Gasteiger partial charge in [0.25, 0.3) is 0 Å². The standard InChI is InChI=1S/C45H61ClN2O2/c1-9-12-14-15-16-17-18-19-25-47-38-23-21-31(4)26-36(38)44(5,6)40(47)28-34-42(49)35(43(34)50)29-41-45(7,8)37-27-33(46)22-24-39(37)48(41)30-32(11-3)20-13-10-2/h21-24,26-29,32H,9-20,25,30H2,1-8H3/p+1. The number of Topliss-reactive ketones (excluding diaryl/α,β-unsaturated/α-hetero) is 1. The smallest absolute Gasteiger partial charge is 0.209 e. The van der Waals surface area contributed by atoms with Gasteiger partial charge in [0.05, 0.1) is 16.6 Å². The van der Waals surface area contributed by atoms with Gasteiger partial charge in [0, 0.05) is 52.0 Å². The molecule has 2 aromatic carbocycles. The highest BCUT2D eigenvalue weighted by Crippen LogP contribution is 2.50. The molecule has 5 heteroatoms. The molecule has 0 spiro atoms. The Hall–Kier alpha value is -3.11. The first-order valence-corrected chi connectivity index (χ1v) is 20.0. The first-order chi connectivity index (χ1) is 23.9. The Morgan fingerprint density at radius 2 is 1.52 bits per heavy atom. The monoisotopic (exact) mass is 697 g/mol. The molecule has 1 atom stereocenters. The van der Waals surface area contributed by atoms with Crippen molar-refractivity contribution in [2.45, 2.75) is 143 Å². The van der Waals surface area contributed by atoms with Crippen molar-refractivity contribution in [2.24, 2.45) is 5.92 Å². The molecule has 0 aromatic heterocycles. The van der Waals surface area contributed by atoms with Crippen LogP contribution in [0.5, 0.6) is 0 Å². The van der Waals surface area contributed by atoms with E-state index in [1.54, 1.807) is 0 Å². The minimum Gasteiger partial charge on any atom is -0.506 e. The average Bonchev–Trinajstić information content (AvgIpc) is 3.42. The van der Waals surface area contributed by atoms with Crippen LogP contribution in [-0.4, -0.2) is 34.3 Å². The van der Waals surface area contributed by atoms with Crippen LogP contribution in [0.2, 0.25) is 5.02 Å². The van der Waals surface area contributed by atoms with E-state index in [4.69, 9.17) is 11.6 Å². The van der Waals surface area contributed by atoms with Crippen LogP contribution in [0.1, 0.15) is 142 Å². The van der Waals surface area contributed by atoms with E-state index in [9.17, 15) is 9.90 Å². The number of nitrogens with zero attached hydrogens (tertiary/aromatic N) is 2. The highest BCUT2D eigenvalue weighted by Gasteiger charge is 2.48. The van der Waals surface area contributed by atoms with Gasteiger partial charge in [-0.1, -0.05) is 122 Å². The lowest BCUT2D eigenvalue weighted by Crippen LogP contribution is -2.33. The Kier molecular flexibility index (Phi) is 12.2. The lowest BCUT2D eigenvalue weighted by atomic mass is 9.77. The molecule has 0 amide bonds. The van der Waals surface area contributed by atoms with E-state index >= 15 is 0 Å². The molecule has 0 radical (unpaired) electrons. The summed E-state index contributed by atoms with van der Waals surface area (Å²) in [5.41, 5.74) is 8.37. The predicted octanol–water partition coefficient (Wildman–Crippen LogP) is 12.4. The van der Waals surface area contributed by atoms with E-state index in [0.717, 1.165) is 48.6 Å². The molecule has 2 heterocycles. The second kappa shape index (κ2) is 16.1. The second-order valence-corrected chi connectivity index (χ2v) is 16.6. The Balaban J connectivity index is 1.48. The van der Waals surface area contributed by atoms with Crippen molar-refractivity contribution in [3.8, 4) is 0 Å². The fourth-order valence-electron chi connectivity index (χ4n) is 8.36. The normalized spacial score (nSPS) is 19.9. The van der Waals surface area contributed by atoms with Crippen molar-refractivity contribution in [1.82, 2.24) is 0 Å². The zero-order chi connectivity index (χ0) is 36.2. The number of unbranched alkanes of at least 4 members (excludes halogenated alkanes) is 8. The van der Waals surface area contributed by atoms with E-state index in [2.05, 4.69) is 95.2 Å². The maximum absolute atomic E-state index is 14.1. The number of halogens is 1. The highest BCUT2D eigenvalue weighted by molar-refractivity contribution is 6.31. The van der Waals surface area contributed by atoms with E-state index in [1.807, 2.05) is 18.2 Å². The number of aryl methyl sites for hydroxylation is 1. The van der Waals surface area contributed by atoms with Crippen LogP contribution in [0.15, 0.2) is 71.2 Å². The van der Waals surface area contributed by atoms with Gasteiger partial charge in [-0.25, -0.2) is 0 Å². The summed E-state index contributed by atoms with van der Waals surface area (Å²) in [6, 6.07) is 12.9. The van der Waals surface area contributed by atoms with Crippen LogP contribution in [0.4, 0.5) is 11.4 Å². The predicted molar refractivity (Wildman–Crippen MR) is 213 cm³/mol. The first-order valence-electron chi connectivity index (χ1n) is 19.6. The Morgan fingerprint density at radius 3 is 2.18 bits per heavy atom. The van der Waals surface area contributed by atoms with E-state index in [-0.39, 0.29) is 22.4 Å². The number of benzene rings is 2. The molecule has 4 nitrogen and oxygen atoms in total. The van der Waals surface area contributed by atoms with Crippen LogP contribution in [0.3, 0.4) is 0 Å². The molecule has 2 aliphatic heterocycles. The lowest BCUT2D eigenvalue weighted by molar-refractivity contribution is -0.447. The summed E-state index contributed by atoms with van der Waals surface area (Å²) >= 11 is 6.53. The summed E-state index contributed by atoms with van der Waals surface area (Å²) in [5.74, 6) is 0.553. The van der Waals surface area contributed by atoms with E-state index in [1.165, 1.54) is 81.0 Å². The SMILES string of the molecule is CCCCCCCCCCN1C(=CC2=C(O)C(=CC3=[N+](CC(CC)CCCC)c4ccc(Cl)cc4C3(C)C)C2=O)C(C)(C)c2cc(C)ccc21. The molecule has 0 fully saturated rings. The third-order valence-electron chi connectivity index (χ3n) is 11.7. The van der Waals surface area contributed by atoms with Gasteiger partial charge < -0.3 is 10.0 Å². The third kappa shape index (κ3) is 7.57. The van der Waals surface area contributed by atoms with Crippen molar-refractivity contribution >= 4 is 34.5 Å². The molecule has 3 aliphatic rings. The minimum absolute atomic E-state index is 0.0831. The molecule has 5 rings (SSSR count). The first kappa shape index (κ1) is 38.1. The number of hydrogen-bond donors (Lipinski definition) is 1. The molecule has 1 aliphatic carbocycles. The van der Waals surface area contributed by atoms with Gasteiger partial charge in [-0.3, -0.25) is 4.79 Å². The molecule has 50 heavy (non-hydrogen) atoms. The molecule has 2 aromatic rings. The number of rotatable bonds is 17. The molecule has 0 saturated heterocycles. The minimum atomic E-state index is -0.370. The van der Waals surface area contributed by atoms with Crippen molar-refractivity contribution in [3.63, 3.8) is 0 Å². The van der Waals surface area contributed by atoms with Crippen molar-refractivity contribution < 1.29 is 14.5 Å². The number of fused-ring (bicyclic) bond motifs is 2. The van der Waals surface area contributed by atoms with Gasteiger partial charge >= 0.3 is 0 Å². The Bertz CT molecular complexity index is 1710. The Labute approximate surface area is 308 Å².